The number of amides is 2. The smallest absolute Gasteiger partial charge is 0.312 e. The molecule has 5 heteroatoms. The minimum absolute atomic E-state index is 0.0150. The molecule has 4 nitrogen and oxygen atoms in total. The summed E-state index contributed by atoms with van der Waals surface area (Å²) >= 11 is 1.94. The Bertz CT molecular complexity index is 1060. The number of aromatic nitrogens is 1. The van der Waals surface area contributed by atoms with E-state index in [1.165, 1.54) is 46.0 Å². The molecular weight excluding hydrogens is 378 g/mol. The van der Waals surface area contributed by atoms with Crippen LogP contribution in [0.5, 0.6) is 0 Å². The van der Waals surface area contributed by atoms with Crippen LogP contribution in [0.3, 0.4) is 0 Å². The molecule has 3 heterocycles. The second kappa shape index (κ2) is 7.38. The van der Waals surface area contributed by atoms with Crippen molar-refractivity contribution in [1.29, 1.82) is 0 Å². The Kier molecular flexibility index (Phi) is 4.70. The van der Waals surface area contributed by atoms with E-state index in [1.807, 2.05) is 47.4 Å². The topological polar surface area (TPSA) is 37.3 Å². The average molecular weight is 406 g/mol. The zero-order chi connectivity index (χ0) is 20.0. The number of hydrogen-bond donors (Lipinski definition) is 1. The van der Waals surface area contributed by atoms with Gasteiger partial charge in [0.25, 0.3) is 0 Å². The molecule has 0 spiro atoms. The quantitative estimate of drug-likeness (QED) is 0.539. The molecule has 0 saturated carbocycles. The average Bonchev–Trinajstić information content (AvgIpc) is 3.30. The molecule has 0 radical (unpaired) electrons. The van der Waals surface area contributed by atoms with Gasteiger partial charge in [-0.1, -0.05) is 19.1 Å². The van der Waals surface area contributed by atoms with E-state index in [0.29, 0.717) is 6.54 Å². The summed E-state index contributed by atoms with van der Waals surface area (Å²) in [6.07, 6.45) is 7.91. The van der Waals surface area contributed by atoms with Crippen molar-refractivity contribution in [2.24, 2.45) is 0 Å². The van der Waals surface area contributed by atoms with Crippen molar-refractivity contribution in [2.75, 3.05) is 5.32 Å². The minimum atomic E-state index is -0.0150. The van der Waals surface area contributed by atoms with Crippen molar-refractivity contribution in [3.05, 3.63) is 69.9 Å². The number of carbonyl (C=O) groups is 1. The van der Waals surface area contributed by atoms with Crippen LogP contribution in [0.15, 0.2) is 42.6 Å². The second-order valence-corrected chi connectivity index (χ2v) is 9.23. The van der Waals surface area contributed by atoms with Crippen LogP contribution in [-0.2, 0) is 19.4 Å². The van der Waals surface area contributed by atoms with Gasteiger partial charge in [-0.2, -0.15) is 0 Å². The van der Waals surface area contributed by atoms with Gasteiger partial charge < -0.3 is 14.8 Å². The molecule has 1 aliphatic carbocycles. The third-order valence-corrected chi connectivity index (χ3v) is 7.55. The van der Waals surface area contributed by atoms with E-state index in [1.54, 1.807) is 0 Å². The third-order valence-electron chi connectivity index (χ3n) is 6.22. The van der Waals surface area contributed by atoms with E-state index in [0.717, 1.165) is 24.1 Å². The highest BCUT2D eigenvalue weighted by Crippen LogP contribution is 2.43. The molecule has 2 amide bonds. The number of rotatable bonds is 2. The van der Waals surface area contributed by atoms with Crippen LogP contribution in [0, 0.1) is 6.92 Å². The predicted molar refractivity (Wildman–Crippen MR) is 119 cm³/mol. The second-order valence-electron chi connectivity index (χ2n) is 8.15. The van der Waals surface area contributed by atoms with E-state index >= 15 is 0 Å². The molecule has 0 fully saturated rings. The van der Waals surface area contributed by atoms with Crippen LogP contribution < -0.4 is 5.32 Å². The van der Waals surface area contributed by atoms with Crippen molar-refractivity contribution >= 4 is 23.1 Å². The summed E-state index contributed by atoms with van der Waals surface area (Å²) in [5.74, 6) is 0. The van der Waals surface area contributed by atoms with Gasteiger partial charge in [0.1, 0.15) is 5.00 Å². The summed E-state index contributed by atoms with van der Waals surface area (Å²) in [6, 6.07) is 12.4. The van der Waals surface area contributed by atoms with Gasteiger partial charge in [0, 0.05) is 28.0 Å². The van der Waals surface area contributed by atoms with E-state index in [2.05, 4.69) is 35.1 Å². The molecule has 0 unspecified atom stereocenters. The summed E-state index contributed by atoms with van der Waals surface area (Å²) < 4.78 is 2.34. The molecule has 1 atom stereocenters. The standard InChI is InChI=1S/C24H27N3OS/c1-3-20-21-11-7-13-26(21)23-19(18-10-4-5-12-22(18)29-23)15-27(20)24(28)25-17-9-6-8-16(2)14-17/h6-9,11,13-14,20H,3-5,10,12,15H2,1-2H3,(H,25,28)/t20-/m1/s1. The fourth-order valence-corrected chi connectivity index (χ4v) is 6.23. The van der Waals surface area contributed by atoms with Crippen molar-refractivity contribution in [3.63, 3.8) is 0 Å². The molecule has 150 valence electrons. The van der Waals surface area contributed by atoms with Gasteiger partial charge in [-0.25, -0.2) is 4.79 Å². The lowest BCUT2D eigenvalue weighted by molar-refractivity contribution is 0.181. The number of benzene rings is 1. The summed E-state index contributed by atoms with van der Waals surface area (Å²) in [4.78, 5) is 17.0. The van der Waals surface area contributed by atoms with Gasteiger partial charge in [-0.05, 0) is 74.4 Å². The van der Waals surface area contributed by atoms with E-state index in [4.69, 9.17) is 0 Å². The van der Waals surface area contributed by atoms with Gasteiger partial charge in [0.05, 0.1) is 12.6 Å². The van der Waals surface area contributed by atoms with E-state index in [9.17, 15) is 4.79 Å². The Morgan fingerprint density at radius 2 is 2.03 bits per heavy atom. The van der Waals surface area contributed by atoms with Crippen LogP contribution in [-0.4, -0.2) is 15.5 Å². The maximum Gasteiger partial charge on any atom is 0.322 e. The molecule has 0 saturated heterocycles. The van der Waals surface area contributed by atoms with Crippen LogP contribution in [0.25, 0.3) is 5.00 Å². The van der Waals surface area contributed by atoms with Gasteiger partial charge in [0.15, 0.2) is 0 Å². The molecule has 5 rings (SSSR count). The summed E-state index contributed by atoms with van der Waals surface area (Å²) in [5.41, 5.74) is 6.08. The Morgan fingerprint density at radius 1 is 1.17 bits per heavy atom. The third kappa shape index (κ3) is 3.18. The van der Waals surface area contributed by atoms with Crippen molar-refractivity contribution in [2.45, 2.75) is 58.5 Å². The maximum atomic E-state index is 13.4. The lowest BCUT2D eigenvalue weighted by Gasteiger charge is -2.30. The van der Waals surface area contributed by atoms with Gasteiger partial charge in [0.2, 0.25) is 0 Å². The largest absolute Gasteiger partial charge is 0.322 e. The molecule has 1 N–H and O–H groups in total. The van der Waals surface area contributed by atoms with Crippen LogP contribution in [0.2, 0.25) is 0 Å². The first kappa shape index (κ1) is 18.5. The number of nitrogens with one attached hydrogen (secondary N) is 1. The highest BCUT2D eigenvalue weighted by molar-refractivity contribution is 7.15. The number of anilines is 1. The number of nitrogens with zero attached hydrogens (tertiary/aromatic N) is 2. The summed E-state index contributed by atoms with van der Waals surface area (Å²) in [7, 11) is 0. The van der Waals surface area contributed by atoms with Crippen LogP contribution in [0.4, 0.5) is 10.5 Å². The number of fused-ring (bicyclic) bond motifs is 5. The SMILES string of the molecule is CC[C@@H]1c2cccn2-c2sc3c(c2CN1C(=O)Nc1cccc(C)c1)CCCC3. The fraction of sp³-hybridized carbons (Fsp3) is 0.375. The number of carbonyl (C=O) groups excluding carboxylic acids is 1. The Morgan fingerprint density at radius 3 is 2.86 bits per heavy atom. The lowest BCUT2D eigenvalue weighted by Crippen LogP contribution is -2.37. The van der Waals surface area contributed by atoms with Gasteiger partial charge in [-0.3, -0.25) is 0 Å². The molecule has 2 aliphatic rings. The predicted octanol–water partition coefficient (Wildman–Crippen LogP) is 6.22. The van der Waals surface area contributed by atoms with E-state index < -0.39 is 0 Å². The van der Waals surface area contributed by atoms with Crippen molar-refractivity contribution in [1.82, 2.24) is 9.47 Å². The number of thiophene rings is 1. The Labute approximate surface area is 176 Å². The molecule has 1 aromatic carbocycles. The first-order valence-corrected chi connectivity index (χ1v) is 11.4. The number of hydrogen-bond acceptors (Lipinski definition) is 2. The number of urea groups is 1. The molecule has 1 aliphatic heterocycles. The minimum Gasteiger partial charge on any atom is -0.312 e. The summed E-state index contributed by atoms with van der Waals surface area (Å²) in [5, 5.41) is 4.47. The van der Waals surface area contributed by atoms with Crippen LogP contribution in [0.1, 0.15) is 59.5 Å². The highest BCUT2D eigenvalue weighted by atomic mass is 32.1. The lowest BCUT2D eigenvalue weighted by atomic mass is 9.95. The van der Waals surface area contributed by atoms with Gasteiger partial charge in [-0.15, -0.1) is 11.3 Å². The Hall–Kier alpha value is -2.53. The first-order chi connectivity index (χ1) is 14.2. The normalized spacial score (nSPS) is 17.9. The molecule has 29 heavy (non-hydrogen) atoms. The zero-order valence-corrected chi connectivity index (χ0v) is 17.9. The zero-order valence-electron chi connectivity index (χ0n) is 17.1. The Balaban J connectivity index is 1.57. The monoisotopic (exact) mass is 405 g/mol. The van der Waals surface area contributed by atoms with Crippen molar-refractivity contribution < 1.29 is 4.79 Å². The fourth-order valence-electron chi connectivity index (χ4n) is 4.83. The van der Waals surface area contributed by atoms with E-state index in [-0.39, 0.29) is 12.1 Å². The molecule has 0 bridgehead atoms. The van der Waals surface area contributed by atoms with Crippen LogP contribution >= 0.6 is 11.3 Å². The highest BCUT2D eigenvalue weighted by Gasteiger charge is 2.34. The molecular formula is C24H27N3OS. The maximum absolute atomic E-state index is 13.4. The van der Waals surface area contributed by atoms with Crippen molar-refractivity contribution in [3.8, 4) is 5.00 Å². The first-order valence-electron chi connectivity index (χ1n) is 10.6. The molecule has 2 aromatic heterocycles. The summed E-state index contributed by atoms with van der Waals surface area (Å²) in [6.45, 7) is 4.90. The number of aryl methyl sites for hydroxylation is 2. The van der Waals surface area contributed by atoms with Gasteiger partial charge >= 0.3 is 6.03 Å². The molecule has 3 aromatic rings.